The number of rotatable bonds is 5. The third kappa shape index (κ3) is 4.19. The van der Waals surface area contributed by atoms with Crippen molar-refractivity contribution in [3.05, 3.63) is 39.6 Å². The molecule has 0 aliphatic heterocycles. The monoisotopic (exact) mass is 502 g/mol. The number of alkyl halides is 3. The Balaban J connectivity index is 1.91. The molecule has 0 spiro atoms. The number of carbonyl (C=O) groups is 2. The van der Waals surface area contributed by atoms with Crippen molar-refractivity contribution in [2.24, 2.45) is 14.1 Å². The molecule has 14 heteroatoms. The minimum absolute atomic E-state index is 0.0250. The first-order chi connectivity index (χ1) is 14.5. The molecule has 2 N–H and O–H groups in total. The number of nitrogens with one attached hydrogen (secondary N) is 2. The summed E-state index contributed by atoms with van der Waals surface area (Å²) in [6.45, 7) is 3.82. The number of anilines is 2. The van der Waals surface area contributed by atoms with Crippen LogP contribution in [0, 0.1) is 6.92 Å². The summed E-state index contributed by atoms with van der Waals surface area (Å²) in [6, 6.07) is 0. The Hall–Kier alpha value is -3.16. The summed E-state index contributed by atoms with van der Waals surface area (Å²) in [6.07, 6.45) is -1.99. The lowest BCUT2D eigenvalue weighted by molar-refractivity contribution is -0.144. The number of hydrogen-bond acceptors (Lipinski definition) is 5. The highest BCUT2D eigenvalue weighted by Crippen LogP contribution is 2.36. The van der Waals surface area contributed by atoms with E-state index >= 15 is 0 Å². The van der Waals surface area contributed by atoms with Crippen molar-refractivity contribution in [2.75, 3.05) is 10.6 Å². The summed E-state index contributed by atoms with van der Waals surface area (Å²) in [7, 11) is 2.79. The molecule has 166 valence electrons. The van der Waals surface area contributed by atoms with E-state index in [1.807, 2.05) is 0 Å². The molecule has 0 unspecified atom stereocenters. The standard InChI is InChI=1S/C17H18BrF3N8O2/c1-5-29-13(16(31)24-9-6-22-27(3)8(9)2)10(7-23-29)25-15(30)12-11(18)14(17(19,20)21)28(4)26-12/h6-7H,5H2,1-4H3,(H,24,31)(H,25,30). The Bertz CT molecular complexity index is 1160. The van der Waals surface area contributed by atoms with E-state index in [0.717, 1.165) is 7.05 Å². The summed E-state index contributed by atoms with van der Waals surface area (Å²) in [5, 5.41) is 16.9. The lowest BCUT2D eigenvalue weighted by Gasteiger charge is -2.09. The van der Waals surface area contributed by atoms with Crippen LogP contribution < -0.4 is 10.6 Å². The van der Waals surface area contributed by atoms with Crippen LogP contribution in [0.2, 0.25) is 0 Å². The highest BCUT2D eigenvalue weighted by molar-refractivity contribution is 9.10. The van der Waals surface area contributed by atoms with Gasteiger partial charge >= 0.3 is 6.18 Å². The van der Waals surface area contributed by atoms with E-state index in [1.165, 1.54) is 17.1 Å². The average molecular weight is 503 g/mol. The van der Waals surface area contributed by atoms with Gasteiger partial charge < -0.3 is 10.6 Å². The number of aromatic nitrogens is 6. The molecule has 0 fully saturated rings. The number of aryl methyl sites for hydroxylation is 3. The molecule has 0 aliphatic rings. The fourth-order valence-corrected chi connectivity index (χ4v) is 3.63. The molecular formula is C17H18BrF3N8O2. The number of amides is 2. The Morgan fingerprint density at radius 1 is 1.06 bits per heavy atom. The Kier molecular flexibility index (Phi) is 5.93. The molecular weight excluding hydrogens is 485 g/mol. The van der Waals surface area contributed by atoms with Gasteiger partial charge in [0, 0.05) is 20.6 Å². The second kappa shape index (κ2) is 8.17. The van der Waals surface area contributed by atoms with Gasteiger partial charge in [0.25, 0.3) is 11.8 Å². The van der Waals surface area contributed by atoms with Crippen molar-refractivity contribution in [2.45, 2.75) is 26.6 Å². The molecule has 0 bridgehead atoms. The molecule has 0 aliphatic carbocycles. The molecule has 3 heterocycles. The van der Waals surface area contributed by atoms with E-state index in [9.17, 15) is 22.8 Å². The molecule has 3 aromatic heterocycles. The van der Waals surface area contributed by atoms with Crippen molar-refractivity contribution in [3.63, 3.8) is 0 Å². The predicted molar refractivity (Wildman–Crippen MR) is 108 cm³/mol. The molecule has 0 saturated heterocycles. The van der Waals surface area contributed by atoms with Crippen molar-refractivity contribution >= 4 is 39.1 Å². The quantitative estimate of drug-likeness (QED) is 0.556. The van der Waals surface area contributed by atoms with E-state index in [1.54, 1.807) is 25.6 Å². The normalized spacial score (nSPS) is 11.6. The van der Waals surface area contributed by atoms with Gasteiger partial charge in [0.15, 0.2) is 11.4 Å². The van der Waals surface area contributed by atoms with Gasteiger partial charge in [-0.25, -0.2) is 0 Å². The Morgan fingerprint density at radius 3 is 2.19 bits per heavy atom. The second-order valence-corrected chi connectivity index (χ2v) is 7.32. The molecule has 0 radical (unpaired) electrons. The highest BCUT2D eigenvalue weighted by atomic mass is 79.9. The molecule has 2 amide bonds. The van der Waals surface area contributed by atoms with Gasteiger partial charge in [-0.2, -0.15) is 28.5 Å². The summed E-state index contributed by atoms with van der Waals surface area (Å²) in [5.41, 5.74) is -0.353. The maximum absolute atomic E-state index is 13.2. The Morgan fingerprint density at radius 2 is 1.68 bits per heavy atom. The number of hydrogen-bond donors (Lipinski definition) is 2. The van der Waals surface area contributed by atoms with Gasteiger partial charge in [-0.15, -0.1) is 0 Å². The van der Waals surface area contributed by atoms with Crippen LogP contribution in [0.15, 0.2) is 16.9 Å². The van der Waals surface area contributed by atoms with Crippen molar-refractivity contribution in [3.8, 4) is 0 Å². The van der Waals surface area contributed by atoms with E-state index in [0.29, 0.717) is 22.6 Å². The molecule has 3 rings (SSSR count). The minimum atomic E-state index is -4.71. The van der Waals surface area contributed by atoms with Gasteiger partial charge in [0.2, 0.25) is 0 Å². The first kappa shape index (κ1) is 22.5. The second-order valence-electron chi connectivity index (χ2n) is 6.53. The van der Waals surface area contributed by atoms with Crippen LogP contribution in [0.4, 0.5) is 24.5 Å². The van der Waals surface area contributed by atoms with Crippen molar-refractivity contribution in [1.82, 2.24) is 29.3 Å². The third-order valence-corrected chi connectivity index (χ3v) is 5.31. The fourth-order valence-electron chi connectivity index (χ4n) is 2.89. The smallest absolute Gasteiger partial charge is 0.318 e. The van der Waals surface area contributed by atoms with Gasteiger partial charge in [-0.1, -0.05) is 0 Å². The zero-order valence-corrected chi connectivity index (χ0v) is 18.5. The topological polar surface area (TPSA) is 112 Å². The number of halogens is 4. The van der Waals surface area contributed by atoms with E-state index in [-0.39, 0.29) is 11.4 Å². The van der Waals surface area contributed by atoms with E-state index in [4.69, 9.17) is 0 Å². The largest absolute Gasteiger partial charge is 0.434 e. The van der Waals surface area contributed by atoms with E-state index in [2.05, 4.69) is 41.9 Å². The minimum Gasteiger partial charge on any atom is -0.318 e. The SMILES string of the molecule is CCn1ncc(NC(=O)c2nn(C)c(C(F)(F)F)c2Br)c1C(=O)Nc1cnn(C)c1C. The molecule has 0 saturated carbocycles. The predicted octanol–water partition coefficient (Wildman–Crippen LogP) is 2.96. The lowest BCUT2D eigenvalue weighted by Crippen LogP contribution is -2.21. The lowest BCUT2D eigenvalue weighted by atomic mass is 10.2. The zero-order valence-electron chi connectivity index (χ0n) is 16.9. The molecule has 0 atom stereocenters. The summed E-state index contributed by atoms with van der Waals surface area (Å²) in [5.74, 6) is -1.50. The fraction of sp³-hybridized carbons (Fsp3) is 0.353. The Labute approximate surface area is 182 Å². The summed E-state index contributed by atoms with van der Waals surface area (Å²) < 4.78 is 42.5. The van der Waals surface area contributed by atoms with Crippen molar-refractivity contribution in [1.29, 1.82) is 0 Å². The van der Waals surface area contributed by atoms with Crippen LogP contribution in [-0.4, -0.2) is 41.2 Å². The van der Waals surface area contributed by atoms with Crippen LogP contribution in [-0.2, 0) is 26.8 Å². The number of carbonyl (C=O) groups excluding carboxylic acids is 2. The highest BCUT2D eigenvalue weighted by Gasteiger charge is 2.39. The van der Waals surface area contributed by atoms with Crippen LogP contribution >= 0.6 is 15.9 Å². The van der Waals surface area contributed by atoms with Crippen LogP contribution in [0.1, 0.15) is 39.3 Å². The van der Waals surface area contributed by atoms with Gasteiger partial charge in [-0.3, -0.25) is 23.6 Å². The first-order valence-corrected chi connectivity index (χ1v) is 9.71. The van der Waals surface area contributed by atoms with Crippen LogP contribution in [0.25, 0.3) is 0 Å². The maximum atomic E-state index is 13.2. The van der Waals surface area contributed by atoms with Crippen LogP contribution in [0.3, 0.4) is 0 Å². The first-order valence-electron chi connectivity index (χ1n) is 8.92. The van der Waals surface area contributed by atoms with Gasteiger partial charge in [0.05, 0.1) is 33.9 Å². The van der Waals surface area contributed by atoms with Crippen LogP contribution in [0.5, 0.6) is 0 Å². The van der Waals surface area contributed by atoms with E-state index < -0.39 is 33.9 Å². The maximum Gasteiger partial charge on any atom is 0.434 e. The number of nitrogens with zero attached hydrogens (tertiary/aromatic N) is 6. The summed E-state index contributed by atoms with van der Waals surface area (Å²) >= 11 is 2.80. The van der Waals surface area contributed by atoms with Crippen molar-refractivity contribution < 1.29 is 22.8 Å². The zero-order chi connectivity index (χ0) is 23.1. The van der Waals surface area contributed by atoms with Gasteiger partial charge in [0.1, 0.15) is 5.69 Å². The molecule has 10 nitrogen and oxygen atoms in total. The third-order valence-electron chi connectivity index (χ3n) is 4.56. The molecule has 0 aromatic carbocycles. The average Bonchev–Trinajstić information content (AvgIpc) is 3.32. The van der Waals surface area contributed by atoms with Gasteiger partial charge in [-0.05, 0) is 29.8 Å². The summed E-state index contributed by atoms with van der Waals surface area (Å²) in [4.78, 5) is 25.5. The molecule has 3 aromatic rings. The molecule has 31 heavy (non-hydrogen) atoms.